The number of anilines is 2. The lowest BCUT2D eigenvalue weighted by Crippen LogP contribution is -2.53. The van der Waals surface area contributed by atoms with Gasteiger partial charge in [0.1, 0.15) is 5.82 Å². The van der Waals surface area contributed by atoms with Crippen LogP contribution in [0.25, 0.3) is 0 Å². The Hall–Kier alpha value is -1.89. The van der Waals surface area contributed by atoms with Crippen molar-refractivity contribution in [2.75, 3.05) is 49.9 Å². The molecule has 2 aliphatic rings. The van der Waals surface area contributed by atoms with E-state index in [1.807, 2.05) is 17.9 Å². The Labute approximate surface area is 150 Å². The van der Waals surface area contributed by atoms with Gasteiger partial charge in [0.25, 0.3) is 0 Å². The van der Waals surface area contributed by atoms with E-state index >= 15 is 0 Å². The number of nitrogen functional groups attached to an aromatic ring is 1. The number of hydrogen-bond acceptors (Lipinski definition) is 6. The van der Waals surface area contributed by atoms with E-state index in [0.29, 0.717) is 17.9 Å². The number of piperidine rings is 1. The van der Waals surface area contributed by atoms with E-state index in [-0.39, 0.29) is 5.92 Å². The molecule has 1 unspecified atom stereocenters. The van der Waals surface area contributed by atoms with Gasteiger partial charge in [-0.3, -0.25) is 4.79 Å². The van der Waals surface area contributed by atoms with Crippen LogP contribution in [0.1, 0.15) is 32.4 Å². The van der Waals surface area contributed by atoms with E-state index < -0.39 is 0 Å². The van der Waals surface area contributed by atoms with E-state index in [1.54, 1.807) is 0 Å². The van der Waals surface area contributed by atoms with Gasteiger partial charge in [-0.2, -0.15) is 4.98 Å². The normalized spacial score (nSPS) is 22.5. The van der Waals surface area contributed by atoms with Crippen LogP contribution in [0.2, 0.25) is 0 Å². The molecule has 1 aromatic rings. The molecule has 1 amide bonds. The minimum Gasteiger partial charge on any atom is -0.368 e. The van der Waals surface area contributed by atoms with Gasteiger partial charge in [-0.1, -0.05) is 0 Å². The van der Waals surface area contributed by atoms with E-state index in [0.717, 1.165) is 63.6 Å². The lowest BCUT2D eigenvalue weighted by molar-refractivity contribution is -0.137. The maximum atomic E-state index is 12.9. The number of aromatic nitrogens is 2. The molecule has 2 saturated heterocycles. The molecule has 0 bridgehead atoms. The van der Waals surface area contributed by atoms with Crippen LogP contribution in [0.15, 0.2) is 6.07 Å². The van der Waals surface area contributed by atoms with Gasteiger partial charge in [-0.25, -0.2) is 4.98 Å². The Kier molecular flexibility index (Phi) is 5.42. The average Bonchev–Trinajstić information content (AvgIpc) is 2.60. The SMILES string of the molecule is Cc1cc(N2CCN(C(=O)C3CCCN(C(C)C)C3)CC2)nc(N)n1. The number of nitrogens with two attached hydrogens (primary N) is 1. The molecule has 1 aromatic heterocycles. The first-order chi connectivity index (χ1) is 11.9. The monoisotopic (exact) mass is 346 g/mol. The van der Waals surface area contributed by atoms with Crippen LogP contribution in [0, 0.1) is 12.8 Å². The topological polar surface area (TPSA) is 78.6 Å². The number of carbonyl (C=O) groups is 1. The zero-order chi connectivity index (χ0) is 18.0. The summed E-state index contributed by atoms with van der Waals surface area (Å²) < 4.78 is 0. The highest BCUT2D eigenvalue weighted by Gasteiger charge is 2.31. The lowest BCUT2D eigenvalue weighted by Gasteiger charge is -2.40. The molecule has 25 heavy (non-hydrogen) atoms. The quantitative estimate of drug-likeness (QED) is 0.884. The molecule has 0 radical (unpaired) electrons. The average molecular weight is 346 g/mol. The Morgan fingerprint density at radius 3 is 2.56 bits per heavy atom. The second-order valence-corrected chi connectivity index (χ2v) is 7.47. The molecular formula is C18H30N6O. The second kappa shape index (κ2) is 7.56. The molecule has 138 valence electrons. The third-order valence-corrected chi connectivity index (χ3v) is 5.31. The van der Waals surface area contributed by atoms with Crippen LogP contribution < -0.4 is 10.6 Å². The van der Waals surface area contributed by atoms with Gasteiger partial charge in [-0.05, 0) is 40.2 Å². The van der Waals surface area contributed by atoms with Crippen molar-refractivity contribution in [2.45, 2.75) is 39.7 Å². The lowest BCUT2D eigenvalue weighted by atomic mass is 9.95. The summed E-state index contributed by atoms with van der Waals surface area (Å²) in [6, 6.07) is 2.47. The first-order valence-corrected chi connectivity index (χ1v) is 9.33. The minimum atomic E-state index is 0.152. The van der Waals surface area contributed by atoms with Gasteiger partial charge in [-0.15, -0.1) is 0 Å². The smallest absolute Gasteiger partial charge is 0.227 e. The first-order valence-electron chi connectivity index (χ1n) is 9.33. The summed E-state index contributed by atoms with van der Waals surface area (Å²) in [6.07, 6.45) is 2.14. The van der Waals surface area contributed by atoms with Crippen molar-refractivity contribution < 1.29 is 4.79 Å². The molecule has 2 aliphatic heterocycles. The van der Waals surface area contributed by atoms with Crippen molar-refractivity contribution in [2.24, 2.45) is 5.92 Å². The highest BCUT2D eigenvalue weighted by molar-refractivity contribution is 5.79. The number of aryl methyl sites for hydroxylation is 1. The number of carbonyl (C=O) groups excluding carboxylic acids is 1. The number of nitrogens with zero attached hydrogens (tertiary/aromatic N) is 5. The van der Waals surface area contributed by atoms with Crippen LogP contribution in [-0.4, -0.2) is 71.0 Å². The number of rotatable bonds is 3. The molecule has 7 nitrogen and oxygen atoms in total. The molecule has 3 heterocycles. The van der Waals surface area contributed by atoms with Crippen molar-refractivity contribution in [1.29, 1.82) is 0 Å². The van der Waals surface area contributed by atoms with Gasteiger partial charge >= 0.3 is 0 Å². The van der Waals surface area contributed by atoms with E-state index in [9.17, 15) is 4.79 Å². The van der Waals surface area contributed by atoms with Crippen molar-refractivity contribution in [1.82, 2.24) is 19.8 Å². The van der Waals surface area contributed by atoms with Gasteiger partial charge in [0.2, 0.25) is 11.9 Å². The predicted molar refractivity (Wildman–Crippen MR) is 99.4 cm³/mol. The van der Waals surface area contributed by atoms with Gasteiger partial charge in [0.05, 0.1) is 5.92 Å². The van der Waals surface area contributed by atoms with Crippen LogP contribution in [0.3, 0.4) is 0 Å². The summed E-state index contributed by atoms with van der Waals surface area (Å²) in [6.45, 7) is 11.4. The van der Waals surface area contributed by atoms with Crippen molar-refractivity contribution >= 4 is 17.7 Å². The van der Waals surface area contributed by atoms with Crippen molar-refractivity contribution in [3.63, 3.8) is 0 Å². The standard InChI is InChI=1S/C18H30N6O/c1-13(2)24-6-4-5-15(12-24)17(25)23-9-7-22(8-10-23)16-11-14(3)20-18(19)21-16/h11,13,15H,4-10,12H2,1-3H3,(H2,19,20,21). The molecule has 2 N–H and O–H groups in total. The number of hydrogen-bond donors (Lipinski definition) is 1. The summed E-state index contributed by atoms with van der Waals surface area (Å²) in [5.74, 6) is 1.65. The molecule has 0 aromatic carbocycles. The maximum Gasteiger partial charge on any atom is 0.227 e. The van der Waals surface area contributed by atoms with E-state index in [2.05, 4.69) is 33.6 Å². The first kappa shape index (κ1) is 17.9. The predicted octanol–water partition coefficient (Wildman–Crippen LogP) is 1.14. The molecule has 7 heteroatoms. The molecule has 0 aliphatic carbocycles. The van der Waals surface area contributed by atoms with Crippen LogP contribution in [0.5, 0.6) is 0 Å². The molecule has 0 spiro atoms. The largest absolute Gasteiger partial charge is 0.368 e. The van der Waals surface area contributed by atoms with Crippen LogP contribution in [0.4, 0.5) is 11.8 Å². The fourth-order valence-electron chi connectivity index (χ4n) is 3.83. The number of amides is 1. The summed E-state index contributed by atoms with van der Waals surface area (Å²) in [4.78, 5) is 28.0. The van der Waals surface area contributed by atoms with E-state index in [4.69, 9.17) is 5.73 Å². The molecular weight excluding hydrogens is 316 g/mol. The van der Waals surface area contributed by atoms with Crippen molar-refractivity contribution in [3.8, 4) is 0 Å². The Bertz CT molecular complexity index is 591. The third kappa shape index (κ3) is 4.21. The summed E-state index contributed by atoms with van der Waals surface area (Å²) in [7, 11) is 0. The highest BCUT2D eigenvalue weighted by Crippen LogP contribution is 2.22. The maximum absolute atomic E-state index is 12.9. The molecule has 0 saturated carbocycles. The third-order valence-electron chi connectivity index (χ3n) is 5.31. The van der Waals surface area contributed by atoms with Gasteiger partial charge in [0.15, 0.2) is 0 Å². The fourth-order valence-corrected chi connectivity index (χ4v) is 3.83. The number of piperazine rings is 1. The zero-order valence-electron chi connectivity index (χ0n) is 15.6. The van der Waals surface area contributed by atoms with Crippen molar-refractivity contribution in [3.05, 3.63) is 11.8 Å². The summed E-state index contributed by atoms with van der Waals surface area (Å²) >= 11 is 0. The van der Waals surface area contributed by atoms with Crippen LogP contribution in [-0.2, 0) is 4.79 Å². The summed E-state index contributed by atoms with van der Waals surface area (Å²) in [5, 5.41) is 0. The molecule has 3 rings (SSSR count). The Morgan fingerprint density at radius 2 is 1.92 bits per heavy atom. The number of likely N-dealkylation sites (tertiary alicyclic amines) is 1. The fraction of sp³-hybridized carbons (Fsp3) is 0.722. The molecule has 2 fully saturated rings. The highest BCUT2D eigenvalue weighted by atomic mass is 16.2. The zero-order valence-corrected chi connectivity index (χ0v) is 15.6. The second-order valence-electron chi connectivity index (χ2n) is 7.47. The van der Waals surface area contributed by atoms with Gasteiger partial charge in [0, 0.05) is 50.5 Å². The summed E-state index contributed by atoms with van der Waals surface area (Å²) in [5.41, 5.74) is 6.63. The Morgan fingerprint density at radius 1 is 1.20 bits per heavy atom. The van der Waals surface area contributed by atoms with Gasteiger partial charge < -0.3 is 20.4 Å². The minimum absolute atomic E-state index is 0.152. The van der Waals surface area contributed by atoms with E-state index in [1.165, 1.54) is 0 Å². The Balaban J connectivity index is 1.57. The van der Waals surface area contributed by atoms with Crippen LogP contribution >= 0.6 is 0 Å². The molecule has 1 atom stereocenters.